The molecule has 6 heteroatoms. The Bertz CT molecular complexity index is 480. The van der Waals surface area contributed by atoms with Gasteiger partial charge in [-0.15, -0.1) is 0 Å². The number of anilines is 1. The second kappa shape index (κ2) is 5.73. The molecule has 0 N–H and O–H groups in total. The zero-order valence-corrected chi connectivity index (χ0v) is 12.3. The molecule has 0 atom stereocenters. The zero-order chi connectivity index (χ0) is 14.8. The molecule has 1 aliphatic heterocycles. The molecule has 2 heterocycles. The number of hydrogen-bond acceptors (Lipinski definition) is 4. The number of rotatable bonds is 1. The maximum absolute atomic E-state index is 12.0. The van der Waals surface area contributed by atoms with E-state index in [2.05, 4.69) is 9.88 Å². The van der Waals surface area contributed by atoms with E-state index in [0.717, 1.165) is 18.9 Å². The van der Waals surface area contributed by atoms with E-state index in [9.17, 15) is 4.79 Å². The molecule has 2 radical (unpaired) electrons. The first-order chi connectivity index (χ1) is 9.35. The number of aromatic nitrogens is 1. The highest BCUT2D eigenvalue weighted by atomic mass is 16.6. The summed E-state index contributed by atoms with van der Waals surface area (Å²) in [4.78, 5) is 20.1. The Morgan fingerprint density at radius 2 is 1.90 bits per heavy atom. The quantitative estimate of drug-likeness (QED) is 0.714. The lowest BCUT2D eigenvalue weighted by atomic mass is 10.0. The molecule has 1 aromatic heterocycles. The van der Waals surface area contributed by atoms with Crippen molar-refractivity contribution in [2.45, 2.75) is 26.4 Å². The monoisotopic (exact) mass is 273 g/mol. The van der Waals surface area contributed by atoms with Gasteiger partial charge in [-0.05, 0) is 32.4 Å². The van der Waals surface area contributed by atoms with Crippen LogP contribution < -0.4 is 10.5 Å². The largest absolute Gasteiger partial charge is 0.444 e. The standard InChI is InChI=1S/C14H20BN3O2/c1-14(2,3)20-13(19)18-9-7-17(8-10-18)12-6-4-5-11(15)16-12/h4-6H,7-10H2,1-3H3. The number of nitrogens with zero attached hydrogens (tertiary/aromatic N) is 3. The van der Waals surface area contributed by atoms with E-state index >= 15 is 0 Å². The van der Waals surface area contributed by atoms with Gasteiger partial charge in [-0.25, -0.2) is 9.78 Å². The molecule has 1 aromatic rings. The summed E-state index contributed by atoms with van der Waals surface area (Å²) in [6, 6.07) is 5.58. The van der Waals surface area contributed by atoms with Crippen LogP contribution in [-0.4, -0.2) is 55.6 Å². The molecule has 0 aromatic carbocycles. The van der Waals surface area contributed by atoms with Gasteiger partial charge in [0.1, 0.15) is 19.3 Å². The Kier molecular flexibility index (Phi) is 4.21. The Hall–Kier alpha value is -1.72. The highest BCUT2D eigenvalue weighted by Crippen LogP contribution is 2.15. The van der Waals surface area contributed by atoms with Crippen molar-refractivity contribution in [1.29, 1.82) is 0 Å². The molecule has 0 unspecified atom stereocenters. The third kappa shape index (κ3) is 3.89. The van der Waals surface area contributed by atoms with Crippen LogP contribution in [0.5, 0.6) is 0 Å². The lowest BCUT2D eigenvalue weighted by molar-refractivity contribution is 0.0240. The van der Waals surface area contributed by atoms with Crippen molar-refractivity contribution in [3.8, 4) is 0 Å². The van der Waals surface area contributed by atoms with E-state index in [1.807, 2.05) is 32.9 Å². The SMILES string of the molecule is [B]c1cccc(N2CCN(C(=O)OC(C)(C)C)CC2)n1. The van der Waals surface area contributed by atoms with Crippen molar-refractivity contribution < 1.29 is 9.53 Å². The van der Waals surface area contributed by atoms with Crippen LogP contribution >= 0.6 is 0 Å². The summed E-state index contributed by atoms with van der Waals surface area (Å²) in [5.41, 5.74) is 0.0565. The van der Waals surface area contributed by atoms with Crippen molar-refractivity contribution in [2.75, 3.05) is 31.1 Å². The summed E-state index contributed by atoms with van der Waals surface area (Å²) in [5.74, 6) is 0.855. The van der Waals surface area contributed by atoms with Crippen LogP contribution in [0, 0.1) is 0 Å². The predicted molar refractivity (Wildman–Crippen MR) is 79.6 cm³/mol. The minimum atomic E-state index is -0.455. The van der Waals surface area contributed by atoms with E-state index in [1.54, 1.807) is 11.0 Å². The highest BCUT2D eigenvalue weighted by molar-refractivity contribution is 6.30. The van der Waals surface area contributed by atoms with Crippen molar-refractivity contribution in [3.05, 3.63) is 18.2 Å². The van der Waals surface area contributed by atoms with Gasteiger partial charge in [-0.2, -0.15) is 0 Å². The number of ether oxygens (including phenoxy) is 1. The fraction of sp³-hybridized carbons (Fsp3) is 0.571. The molecular weight excluding hydrogens is 253 g/mol. The van der Waals surface area contributed by atoms with Gasteiger partial charge in [0.05, 0.1) is 0 Å². The van der Waals surface area contributed by atoms with Crippen molar-refractivity contribution in [3.63, 3.8) is 0 Å². The van der Waals surface area contributed by atoms with E-state index in [4.69, 9.17) is 12.6 Å². The maximum atomic E-state index is 12.0. The Morgan fingerprint density at radius 1 is 1.25 bits per heavy atom. The minimum absolute atomic E-state index is 0.252. The Labute approximate surface area is 121 Å². The first-order valence-electron chi connectivity index (χ1n) is 6.80. The topological polar surface area (TPSA) is 45.7 Å². The fourth-order valence-electron chi connectivity index (χ4n) is 2.06. The van der Waals surface area contributed by atoms with E-state index in [0.29, 0.717) is 18.7 Å². The van der Waals surface area contributed by atoms with Gasteiger partial charge in [-0.3, -0.25) is 0 Å². The molecule has 0 saturated carbocycles. The Balaban J connectivity index is 1.91. The van der Waals surface area contributed by atoms with Crippen LogP contribution in [0.15, 0.2) is 18.2 Å². The van der Waals surface area contributed by atoms with Crippen LogP contribution in [0.25, 0.3) is 0 Å². The molecule has 0 bridgehead atoms. The number of hydrogen-bond donors (Lipinski definition) is 0. The number of piperazine rings is 1. The third-order valence-corrected chi connectivity index (χ3v) is 3.01. The van der Waals surface area contributed by atoms with Crippen LogP contribution in [0.2, 0.25) is 0 Å². The second-order valence-electron chi connectivity index (χ2n) is 5.88. The molecule has 0 aliphatic carbocycles. The van der Waals surface area contributed by atoms with Gasteiger partial charge in [0, 0.05) is 26.2 Å². The molecule has 20 heavy (non-hydrogen) atoms. The number of carbonyl (C=O) groups excluding carboxylic acids is 1. The molecular formula is C14H20BN3O2. The van der Waals surface area contributed by atoms with E-state index in [1.165, 1.54) is 0 Å². The molecule has 1 saturated heterocycles. The van der Waals surface area contributed by atoms with Crippen LogP contribution in [0.4, 0.5) is 10.6 Å². The van der Waals surface area contributed by atoms with Crippen LogP contribution in [-0.2, 0) is 4.74 Å². The molecule has 2 rings (SSSR count). The van der Waals surface area contributed by atoms with E-state index < -0.39 is 5.60 Å². The summed E-state index contributed by atoms with van der Waals surface area (Å²) >= 11 is 0. The lowest BCUT2D eigenvalue weighted by Crippen LogP contribution is -2.50. The molecule has 1 fully saturated rings. The zero-order valence-electron chi connectivity index (χ0n) is 12.3. The van der Waals surface area contributed by atoms with Gasteiger partial charge < -0.3 is 14.5 Å². The average Bonchev–Trinajstić information content (AvgIpc) is 2.37. The van der Waals surface area contributed by atoms with Crippen molar-refractivity contribution in [1.82, 2.24) is 9.88 Å². The molecule has 106 valence electrons. The van der Waals surface area contributed by atoms with Crippen molar-refractivity contribution in [2.24, 2.45) is 0 Å². The van der Waals surface area contributed by atoms with Crippen molar-refractivity contribution >= 4 is 25.4 Å². The fourth-order valence-corrected chi connectivity index (χ4v) is 2.06. The lowest BCUT2D eigenvalue weighted by Gasteiger charge is -2.36. The van der Waals surface area contributed by atoms with E-state index in [-0.39, 0.29) is 6.09 Å². The van der Waals surface area contributed by atoms with Crippen LogP contribution in [0.3, 0.4) is 0 Å². The first-order valence-corrected chi connectivity index (χ1v) is 6.80. The van der Waals surface area contributed by atoms with Gasteiger partial charge in [0.25, 0.3) is 0 Å². The first kappa shape index (κ1) is 14.7. The predicted octanol–water partition coefficient (Wildman–Crippen LogP) is 0.932. The molecule has 1 amide bonds. The van der Waals surface area contributed by atoms with Gasteiger partial charge in [0.15, 0.2) is 0 Å². The summed E-state index contributed by atoms with van der Waals surface area (Å²) in [5, 5.41) is 0. The highest BCUT2D eigenvalue weighted by Gasteiger charge is 2.26. The average molecular weight is 273 g/mol. The Morgan fingerprint density at radius 3 is 2.45 bits per heavy atom. The summed E-state index contributed by atoms with van der Waals surface area (Å²) in [7, 11) is 5.69. The number of amides is 1. The summed E-state index contributed by atoms with van der Waals surface area (Å²) in [6.45, 7) is 8.34. The molecule has 0 spiro atoms. The maximum Gasteiger partial charge on any atom is 0.410 e. The number of pyridine rings is 1. The summed E-state index contributed by atoms with van der Waals surface area (Å²) in [6.07, 6.45) is -0.252. The minimum Gasteiger partial charge on any atom is -0.444 e. The van der Waals surface area contributed by atoms with Crippen LogP contribution in [0.1, 0.15) is 20.8 Å². The summed E-state index contributed by atoms with van der Waals surface area (Å²) < 4.78 is 5.37. The molecule has 1 aliphatic rings. The molecule has 5 nitrogen and oxygen atoms in total. The second-order valence-corrected chi connectivity index (χ2v) is 5.88. The van der Waals surface area contributed by atoms with Gasteiger partial charge in [-0.1, -0.05) is 12.1 Å². The smallest absolute Gasteiger partial charge is 0.410 e. The normalized spacial score (nSPS) is 16.1. The van der Waals surface area contributed by atoms with Gasteiger partial charge >= 0.3 is 6.09 Å². The number of carbonyl (C=O) groups is 1. The third-order valence-electron chi connectivity index (χ3n) is 3.01. The van der Waals surface area contributed by atoms with Gasteiger partial charge in [0.2, 0.25) is 0 Å².